The number of aryl methyl sites for hydroxylation is 3. The molecule has 1 aromatic heterocycles. The van der Waals surface area contributed by atoms with Gasteiger partial charge >= 0.3 is 0 Å². The number of methoxy groups -OCH3 is 1. The van der Waals surface area contributed by atoms with Crippen LogP contribution in [0, 0.1) is 20.8 Å². The number of rotatable bonds is 5. The lowest BCUT2D eigenvalue weighted by molar-refractivity contribution is -0.132. The van der Waals surface area contributed by atoms with Crippen LogP contribution in [0.3, 0.4) is 0 Å². The average molecular weight is 471 g/mol. The molecule has 1 N–H and O–H groups in total. The van der Waals surface area contributed by atoms with E-state index in [9.17, 15) is 14.7 Å². The van der Waals surface area contributed by atoms with Crippen LogP contribution in [-0.4, -0.2) is 28.9 Å². The second-order valence-electron chi connectivity index (χ2n) is 9.31. The highest BCUT2D eigenvalue weighted by molar-refractivity contribution is 6.51. The molecule has 6 heteroatoms. The third-order valence-corrected chi connectivity index (χ3v) is 6.52. The summed E-state index contributed by atoms with van der Waals surface area (Å²) in [4.78, 5) is 32.6. The summed E-state index contributed by atoms with van der Waals surface area (Å²) in [5.41, 5.74) is 5.29. The number of ketones is 1. The van der Waals surface area contributed by atoms with Gasteiger partial charge in [0.15, 0.2) is 0 Å². The van der Waals surface area contributed by atoms with Crippen LogP contribution in [0.5, 0.6) is 5.75 Å². The molecule has 1 saturated heterocycles. The van der Waals surface area contributed by atoms with Gasteiger partial charge in [0.05, 0.1) is 18.7 Å². The predicted molar refractivity (Wildman–Crippen MR) is 137 cm³/mol. The van der Waals surface area contributed by atoms with Crippen molar-refractivity contribution >= 4 is 23.1 Å². The highest BCUT2D eigenvalue weighted by Crippen LogP contribution is 2.44. The van der Waals surface area contributed by atoms with E-state index < -0.39 is 17.7 Å². The van der Waals surface area contributed by atoms with Gasteiger partial charge in [0.2, 0.25) is 0 Å². The van der Waals surface area contributed by atoms with Crippen LogP contribution in [0.25, 0.3) is 5.76 Å². The second-order valence-corrected chi connectivity index (χ2v) is 9.31. The van der Waals surface area contributed by atoms with Gasteiger partial charge in [0.25, 0.3) is 11.7 Å². The van der Waals surface area contributed by atoms with Gasteiger partial charge in [-0.3, -0.25) is 19.5 Å². The maximum atomic E-state index is 13.5. The first-order chi connectivity index (χ1) is 16.6. The zero-order valence-corrected chi connectivity index (χ0v) is 20.9. The molecule has 1 fully saturated rings. The zero-order chi connectivity index (χ0) is 25.4. The first-order valence-electron chi connectivity index (χ1n) is 11.6. The Labute approximate surface area is 205 Å². The quantitative estimate of drug-likeness (QED) is 0.291. The van der Waals surface area contributed by atoms with Crippen molar-refractivity contribution in [2.45, 2.75) is 46.6 Å². The number of ether oxygens (including phenoxy) is 1. The van der Waals surface area contributed by atoms with E-state index in [2.05, 4.69) is 4.98 Å². The number of hydrogen-bond acceptors (Lipinski definition) is 5. The van der Waals surface area contributed by atoms with Crippen LogP contribution in [0.4, 0.5) is 5.69 Å². The Morgan fingerprint density at radius 3 is 2.43 bits per heavy atom. The molecule has 1 unspecified atom stereocenters. The lowest BCUT2D eigenvalue weighted by Gasteiger charge is -2.27. The molecule has 1 atom stereocenters. The third-order valence-electron chi connectivity index (χ3n) is 6.52. The highest BCUT2D eigenvalue weighted by atomic mass is 16.5. The first-order valence-corrected chi connectivity index (χ1v) is 11.6. The van der Waals surface area contributed by atoms with Crippen LogP contribution in [0.15, 0.2) is 60.4 Å². The standard InChI is InChI=1S/C29H30N2O4/c1-16(2)21-14-22(19(5)13-24(21)35-6)27(32)25-26(20-8-7-11-30-15-20)31(29(34)28(25)33)23-12-17(3)9-10-18(23)4/h7-16,26,32H,1-6H3/b27-25+. The predicted octanol–water partition coefficient (Wildman–Crippen LogP) is 5.77. The number of benzene rings is 2. The van der Waals surface area contributed by atoms with Gasteiger partial charge in [-0.1, -0.05) is 32.0 Å². The van der Waals surface area contributed by atoms with E-state index in [1.807, 2.05) is 71.0 Å². The number of aliphatic hydroxyl groups is 1. The molecule has 180 valence electrons. The van der Waals surface area contributed by atoms with E-state index in [4.69, 9.17) is 4.74 Å². The van der Waals surface area contributed by atoms with Crippen molar-refractivity contribution in [1.82, 2.24) is 4.98 Å². The highest BCUT2D eigenvalue weighted by Gasteiger charge is 2.47. The summed E-state index contributed by atoms with van der Waals surface area (Å²) in [7, 11) is 1.61. The van der Waals surface area contributed by atoms with Crippen molar-refractivity contribution in [3.63, 3.8) is 0 Å². The summed E-state index contributed by atoms with van der Waals surface area (Å²) in [6, 6.07) is 12.2. The molecule has 0 saturated carbocycles. The summed E-state index contributed by atoms with van der Waals surface area (Å²) in [5, 5.41) is 11.6. The van der Waals surface area contributed by atoms with Gasteiger partial charge in [-0.25, -0.2) is 0 Å². The van der Waals surface area contributed by atoms with E-state index in [0.29, 0.717) is 22.6 Å². The minimum Gasteiger partial charge on any atom is -0.507 e. The molecule has 0 aliphatic carbocycles. The molecule has 1 aliphatic rings. The summed E-state index contributed by atoms with van der Waals surface area (Å²) in [5.74, 6) is -0.757. The Hall–Kier alpha value is -3.93. The Bertz CT molecular complexity index is 1340. The van der Waals surface area contributed by atoms with E-state index in [1.54, 1.807) is 25.6 Å². The molecule has 35 heavy (non-hydrogen) atoms. The first kappa shape index (κ1) is 24.2. The molecule has 1 amide bonds. The molecule has 2 aromatic carbocycles. The van der Waals surface area contributed by atoms with E-state index in [-0.39, 0.29) is 17.3 Å². The fourth-order valence-corrected chi connectivity index (χ4v) is 4.64. The number of carbonyl (C=O) groups is 2. The van der Waals surface area contributed by atoms with Gasteiger partial charge in [0.1, 0.15) is 11.5 Å². The summed E-state index contributed by atoms with van der Waals surface area (Å²) in [6.45, 7) is 9.75. The molecule has 0 bridgehead atoms. The monoisotopic (exact) mass is 470 g/mol. The third kappa shape index (κ3) is 4.20. The smallest absolute Gasteiger partial charge is 0.300 e. The van der Waals surface area contributed by atoms with E-state index in [0.717, 1.165) is 22.3 Å². The lowest BCUT2D eigenvalue weighted by Crippen LogP contribution is -2.30. The number of nitrogens with zero attached hydrogens (tertiary/aromatic N) is 2. The molecular formula is C29H30N2O4. The topological polar surface area (TPSA) is 79.7 Å². The van der Waals surface area contributed by atoms with Crippen molar-refractivity contribution in [3.8, 4) is 5.75 Å². The summed E-state index contributed by atoms with van der Waals surface area (Å²) in [6.07, 6.45) is 3.26. The van der Waals surface area contributed by atoms with Crippen molar-refractivity contribution in [1.29, 1.82) is 0 Å². The fourth-order valence-electron chi connectivity index (χ4n) is 4.64. The van der Waals surface area contributed by atoms with Crippen LogP contribution in [-0.2, 0) is 9.59 Å². The Kier molecular flexibility index (Phi) is 6.48. The SMILES string of the molecule is COc1cc(C)c(/C(O)=C2\C(=O)C(=O)N(c3cc(C)ccc3C)C2c2cccnc2)cc1C(C)C. The largest absolute Gasteiger partial charge is 0.507 e. The molecule has 1 aliphatic heterocycles. The van der Waals surface area contributed by atoms with Crippen molar-refractivity contribution in [2.24, 2.45) is 0 Å². The number of pyridine rings is 1. The van der Waals surface area contributed by atoms with Gasteiger partial charge in [-0.05, 0) is 78.8 Å². The molecule has 0 radical (unpaired) electrons. The maximum absolute atomic E-state index is 13.5. The zero-order valence-electron chi connectivity index (χ0n) is 20.9. The Morgan fingerprint density at radius 1 is 1.06 bits per heavy atom. The molecular weight excluding hydrogens is 440 g/mol. The lowest BCUT2D eigenvalue weighted by atomic mass is 9.91. The summed E-state index contributed by atoms with van der Waals surface area (Å²) < 4.78 is 5.54. The van der Waals surface area contributed by atoms with E-state index in [1.165, 1.54) is 4.90 Å². The van der Waals surface area contributed by atoms with Crippen LogP contribution < -0.4 is 9.64 Å². The average Bonchev–Trinajstić information content (AvgIpc) is 3.10. The van der Waals surface area contributed by atoms with Crippen LogP contribution in [0.1, 0.15) is 59.2 Å². The fraction of sp³-hybridized carbons (Fsp3) is 0.276. The van der Waals surface area contributed by atoms with Crippen molar-refractivity contribution < 1.29 is 19.4 Å². The number of hydrogen-bond donors (Lipinski definition) is 1. The second kappa shape index (κ2) is 9.37. The van der Waals surface area contributed by atoms with Crippen molar-refractivity contribution in [2.75, 3.05) is 12.0 Å². The number of carbonyl (C=O) groups excluding carboxylic acids is 2. The minimum absolute atomic E-state index is 0.0480. The molecule has 2 heterocycles. The maximum Gasteiger partial charge on any atom is 0.300 e. The van der Waals surface area contributed by atoms with Crippen LogP contribution >= 0.6 is 0 Å². The number of aromatic nitrogens is 1. The van der Waals surface area contributed by atoms with Crippen LogP contribution in [0.2, 0.25) is 0 Å². The van der Waals surface area contributed by atoms with E-state index >= 15 is 0 Å². The minimum atomic E-state index is -0.812. The number of amides is 1. The molecule has 4 rings (SSSR count). The normalized spacial score (nSPS) is 17.3. The summed E-state index contributed by atoms with van der Waals surface area (Å²) >= 11 is 0. The number of aliphatic hydroxyl groups excluding tert-OH is 1. The van der Waals surface area contributed by atoms with Gasteiger partial charge < -0.3 is 9.84 Å². The molecule has 0 spiro atoms. The van der Waals surface area contributed by atoms with Gasteiger partial charge in [0, 0.05) is 23.6 Å². The molecule has 3 aromatic rings. The molecule has 6 nitrogen and oxygen atoms in total. The Balaban J connectivity index is 2.00. The Morgan fingerprint density at radius 2 is 1.80 bits per heavy atom. The van der Waals surface area contributed by atoms with Gasteiger partial charge in [-0.2, -0.15) is 0 Å². The van der Waals surface area contributed by atoms with Crippen molar-refractivity contribution in [3.05, 3.63) is 93.8 Å². The van der Waals surface area contributed by atoms with Gasteiger partial charge in [-0.15, -0.1) is 0 Å². The number of Topliss-reactive ketones (excluding diaryl/α,β-unsaturated/α-hetero) is 1. The number of anilines is 1.